The quantitative estimate of drug-likeness (QED) is 0.809. The Morgan fingerprint density at radius 2 is 2.06 bits per heavy atom. The fraction of sp³-hybridized carbons (Fsp3) is 0.467. The Labute approximate surface area is 108 Å². The number of hydrogen-bond donors (Lipinski definition) is 0. The van der Waals surface area contributed by atoms with Crippen LogP contribution in [-0.2, 0) is 12.8 Å². The monoisotopic (exact) mass is 241 g/mol. The van der Waals surface area contributed by atoms with Crippen molar-refractivity contribution in [1.82, 2.24) is 14.8 Å². The number of fused-ring (bicyclic) bond motifs is 1. The van der Waals surface area contributed by atoms with Crippen molar-refractivity contribution >= 4 is 0 Å². The van der Waals surface area contributed by atoms with Crippen molar-refractivity contribution in [3.8, 4) is 0 Å². The Hall–Kier alpha value is -1.64. The molecular weight excluding hydrogens is 222 g/mol. The average molecular weight is 241 g/mol. The van der Waals surface area contributed by atoms with Gasteiger partial charge in [-0.15, -0.1) is 0 Å². The van der Waals surface area contributed by atoms with Gasteiger partial charge in [-0.1, -0.05) is 29.8 Å². The maximum absolute atomic E-state index is 4.67. The van der Waals surface area contributed by atoms with Crippen LogP contribution in [0.5, 0.6) is 0 Å². The first-order chi connectivity index (χ1) is 8.72. The SMILES string of the molecule is Cc1ccc(Cc2nc3n(n2)C(C)CCC3)cc1. The van der Waals surface area contributed by atoms with Crippen LogP contribution in [-0.4, -0.2) is 14.8 Å². The van der Waals surface area contributed by atoms with Crippen molar-refractivity contribution in [1.29, 1.82) is 0 Å². The Balaban J connectivity index is 1.83. The van der Waals surface area contributed by atoms with E-state index in [9.17, 15) is 0 Å². The molecule has 0 amide bonds. The van der Waals surface area contributed by atoms with E-state index < -0.39 is 0 Å². The van der Waals surface area contributed by atoms with Crippen LogP contribution >= 0.6 is 0 Å². The summed E-state index contributed by atoms with van der Waals surface area (Å²) in [6.07, 6.45) is 4.38. The summed E-state index contributed by atoms with van der Waals surface area (Å²) < 4.78 is 2.12. The van der Waals surface area contributed by atoms with Gasteiger partial charge < -0.3 is 0 Å². The molecule has 0 bridgehead atoms. The van der Waals surface area contributed by atoms with Gasteiger partial charge in [0, 0.05) is 12.8 Å². The number of hydrogen-bond acceptors (Lipinski definition) is 2. The summed E-state index contributed by atoms with van der Waals surface area (Å²) in [5, 5.41) is 4.66. The third kappa shape index (κ3) is 2.17. The molecule has 0 N–H and O–H groups in total. The van der Waals surface area contributed by atoms with Crippen LogP contribution in [0.1, 0.15) is 48.6 Å². The molecule has 1 aliphatic heterocycles. The molecule has 3 heteroatoms. The van der Waals surface area contributed by atoms with Gasteiger partial charge in [-0.2, -0.15) is 5.10 Å². The summed E-state index contributed by atoms with van der Waals surface area (Å²) in [6, 6.07) is 9.13. The van der Waals surface area contributed by atoms with Gasteiger partial charge in [0.1, 0.15) is 5.82 Å². The van der Waals surface area contributed by atoms with E-state index in [0.717, 1.165) is 24.5 Å². The highest BCUT2D eigenvalue weighted by Crippen LogP contribution is 2.22. The Kier molecular flexibility index (Phi) is 2.90. The zero-order valence-corrected chi connectivity index (χ0v) is 11.1. The van der Waals surface area contributed by atoms with Crippen LogP contribution in [0.4, 0.5) is 0 Å². The van der Waals surface area contributed by atoms with Crippen molar-refractivity contribution in [3.63, 3.8) is 0 Å². The lowest BCUT2D eigenvalue weighted by molar-refractivity contribution is 0.387. The summed E-state index contributed by atoms with van der Waals surface area (Å²) in [6.45, 7) is 4.34. The van der Waals surface area contributed by atoms with E-state index >= 15 is 0 Å². The number of aryl methyl sites for hydroxylation is 2. The van der Waals surface area contributed by atoms with Crippen molar-refractivity contribution in [3.05, 3.63) is 47.0 Å². The van der Waals surface area contributed by atoms with Gasteiger partial charge >= 0.3 is 0 Å². The van der Waals surface area contributed by atoms with Gasteiger partial charge in [-0.3, -0.25) is 0 Å². The highest BCUT2D eigenvalue weighted by atomic mass is 15.4. The topological polar surface area (TPSA) is 30.7 Å². The van der Waals surface area contributed by atoms with E-state index in [1.54, 1.807) is 0 Å². The van der Waals surface area contributed by atoms with Crippen LogP contribution in [0.25, 0.3) is 0 Å². The number of rotatable bonds is 2. The Bertz CT molecular complexity index is 539. The zero-order chi connectivity index (χ0) is 12.5. The van der Waals surface area contributed by atoms with Crippen LogP contribution in [0.2, 0.25) is 0 Å². The molecule has 1 aromatic carbocycles. The molecule has 0 fully saturated rings. The number of nitrogens with zero attached hydrogens (tertiary/aromatic N) is 3. The fourth-order valence-electron chi connectivity index (χ4n) is 2.57. The van der Waals surface area contributed by atoms with Crippen LogP contribution in [0.3, 0.4) is 0 Å². The molecule has 3 nitrogen and oxygen atoms in total. The summed E-state index contributed by atoms with van der Waals surface area (Å²) in [5.74, 6) is 2.12. The van der Waals surface area contributed by atoms with E-state index in [2.05, 4.69) is 52.9 Å². The van der Waals surface area contributed by atoms with Crippen LogP contribution < -0.4 is 0 Å². The second-order valence-electron chi connectivity index (χ2n) is 5.29. The van der Waals surface area contributed by atoms with E-state index in [4.69, 9.17) is 0 Å². The van der Waals surface area contributed by atoms with Crippen LogP contribution in [0, 0.1) is 6.92 Å². The number of benzene rings is 1. The maximum Gasteiger partial charge on any atom is 0.155 e. The Morgan fingerprint density at radius 1 is 1.28 bits per heavy atom. The second kappa shape index (κ2) is 4.56. The lowest BCUT2D eigenvalue weighted by atomic mass is 10.1. The summed E-state index contributed by atoms with van der Waals surface area (Å²) in [4.78, 5) is 4.67. The van der Waals surface area contributed by atoms with Gasteiger partial charge in [-0.25, -0.2) is 9.67 Å². The first-order valence-corrected chi connectivity index (χ1v) is 6.72. The van der Waals surface area contributed by atoms with Gasteiger partial charge in [-0.05, 0) is 32.3 Å². The van der Waals surface area contributed by atoms with Gasteiger partial charge in [0.25, 0.3) is 0 Å². The maximum atomic E-state index is 4.67. The molecule has 2 heterocycles. The molecule has 18 heavy (non-hydrogen) atoms. The molecule has 0 aliphatic carbocycles. The minimum absolute atomic E-state index is 0.507. The average Bonchev–Trinajstić information content (AvgIpc) is 2.76. The smallest absolute Gasteiger partial charge is 0.155 e. The molecule has 1 aromatic heterocycles. The molecule has 2 aromatic rings. The molecule has 0 spiro atoms. The predicted molar refractivity (Wildman–Crippen MR) is 71.7 cm³/mol. The molecular formula is C15H19N3. The highest BCUT2D eigenvalue weighted by molar-refractivity contribution is 5.23. The molecule has 1 aliphatic rings. The molecule has 94 valence electrons. The second-order valence-corrected chi connectivity index (χ2v) is 5.29. The standard InChI is InChI=1S/C15H19N3/c1-11-6-8-13(9-7-11)10-14-16-15-5-3-4-12(2)18(15)17-14/h6-9,12H,3-5,10H2,1-2H3. The van der Waals surface area contributed by atoms with E-state index in [1.807, 2.05) is 0 Å². The van der Waals surface area contributed by atoms with Crippen molar-refractivity contribution in [2.75, 3.05) is 0 Å². The van der Waals surface area contributed by atoms with Crippen molar-refractivity contribution in [2.24, 2.45) is 0 Å². The minimum atomic E-state index is 0.507. The summed E-state index contributed by atoms with van der Waals surface area (Å²) in [7, 11) is 0. The summed E-state index contributed by atoms with van der Waals surface area (Å²) in [5.41, 5.74) is 2.58. The predicted octanol–water partition coefficient (Wildman–Crippen LogP) is 3.07. The van der Waals surface area contributed by atoms with E-state index in [-0.39, 0.29) is 0 Å². The normalized spacial score (nSPS) is 18.7. The highest BCUT2D eigenvalue weighted by Gasteiger charge is 2.19. The van der Waals surface area contributed by atoms with Crippen molar-refractivity contribution < 1.29 is 0 Å². The summed E-state index contributed by atoms with van der Waals surface area (Å²) >= 11 is 0. The molecule has 0 saturated carbocycles. The largest absolute Gasteiger partial charge is 0.247 e. The lowest BCUT2D eigenvalue weighted by Crippen LogP contribution is -2.16. The molecule has 1 unspecified atom stereocenters. The minimum Gasteiger partial charge on any atom is -0.247 e. The molecule has 0 saturated heterocycles. The van der Waals surface area contributed by atoms with Gasteiger partial charge in [0.2, 0.25) is 0 Å². The first kappa shape index (κ1) is 11.5. The fourth-order valence-corrected chi connectivity index (χ4v) is 2.57. The lowest BCUT2D eigenvalue weighted by Gasteiger charge is -2.18. The molecule has 3 rings (SSSR count). The van der Waals surface area contributed by atoms with Gasteiger partial charge in [0.05, 0.1) is 6.04 Å². The van der Waals surface area contributed by atoms with Crippen molar-refractivity contribution in [2.45, 2.75) is 45.6 Å². The van der Waals surface area contributed by atoms with Gasteiger partial charge in [0.15, 0.2) is 5.82 Å². The number of aromatic nitrogens is 3. The van der Waals surface area contributed by atoms with Crippen LogP contribution in [0.15, 0.2) is 24.3 Å². The molecule has 1 atom stereocenters. The third-order valence-corrected chi connectivity index (χ3v) is 3.67. The molecule has 0 radical (unpaired) electrons. The third-order valence-electron chi connectivity index (χ3n) is 3.67. The first-order valence-electron chi connectivity index (χ1n) is 6.72. The van der Waals surface area contributed by atoms with E-state index in [0.29, 0.717) is 6.04 Å². The van der Waals surface area contributed by atoms with E-state index in [1.165, 1.54) is 24.0 Å². The Morgan fingerprint density at radius 3 is 2.78 bits per heavy atom. The zero-order valence-electron chi connectivity index (χ0n) is 11.1.